The van der Waals surface area contributed by atoms with Gasteiger partial charge in [0.05, 0.1) is 24.7 Å². The minimum Gasteiger partial charge on any atom is -0.390 e. The molecule has 0 unspecified atom stereocenters. The Morgan fingerprint density at radius 2 is 2.13 bits per heavy atom. The van der Waals surface area contributed by atoms with Crippen LogP contribution >= 0.6 is 0 Å². The molecular weight excluding hydrogens is 190 g/mol. The first-order chi connectivity index (χ1) is 7.27. The van der Waals surface area contributed by atoms with Crippen molar-refractivity contribution in [3.8, 4) is 0 Å². The number of hydrogen-bond acceptors (Lipinski definition) is 4. The van der Waals surface area contributed by atoms with Crippen molar-refractivity contribution in [2.45, 2.75) is 32.8 Å². The Bertz CT molecular complexity index is 291. The first-order valence-corrected chi connectivity index (χ1v) is 5.40. The van der Waals surface area contributed by atoms with Gasteiger partial charge in [0.1, 0.15) is 5.82 Å². The van der Waals surface area contributed by atoms with E-state index in [1.807, 2.05) is 7.05 Å². The van der Waals surface area contributed by atoms with E-state index in [4.69, 9.17) is 5.11 Å². The second kappa shape index (κ2) is 6.35. The lowest BCUT2D eigenvalue weighted by Gasteiger charge is -2.17. The van der Waals surface area contributed by atoms with Crippen LogP contribution in [0, 0.1) is 0 Å². The van der Waals surface area contributed by atoms with E-state index in [-0.39, 0.29) is 6.61 Å². The molecule has 1 aromatic rings. The summed E-state index contributed by atoms with van der Waals surface area (Å²) in [5, 5.41) is 8.94. The number of nitrogens with zero attached hydrogens (tertiary/aromatic N) is 3. The molecule has 0 fully saturated rings. The third kappa shape index (κ3) is 3.83. The zero-order valence-corrected chi connectivity index (χ0v) is 9.48. The van der Waals surface area contributed by atoms with Gasteiger partial charge in [0.15, 0.2) is 0 Å². The quantitative estimate of drug-likeness (QED) is 0.723. The largest absolute Gasteiger partial charge is 0.390 e. The lowest BCUT2D eigenvalue weighted by molar-refractivity contribution is 0.276. The van der Waals surface area contributed by atoms with Crippen LogP contribution in [0.1, 0.15) is 31.9 Å². The van der Waals surface area contributed by atoms with E-state index in [0.29, 0.717) is 5.69 Å². The molecule has 0 aliphatic rings. The number of aliphatic hydroxyl groups is 1. The number of hydrogen-bond donors (Lipinski definition) is 1. The smallest absolute Gasteiger partial charge is 0.147 e. The maximum Gasteiger partial charge on any atom is 0.147 e. The van der Waals surface area contributed by atoms with E-state index in [1.165, 1.54) is 12.8 Å². The van der Waals surface area contributed by atoms with Gasteiger partial charge in [-0.3, -0.25) is 4.98 Å². The Balaban J connectivity index is 2.52. The second-order valence-electron chi connectivity index (χ2n) is 3.66. The van der Waals surface area contributed by atoms with Gasteiger partial charge in [-0.2, -0.15) is 0 Å². The minimum atomic E-state index is -0.0519. The summed E-state index contributed by atoms with van der Waals surface area (Å²) >= 11 is 0. The van der Waals surface area contributed by atoms with Crippen molar-refractivity contribution in [3.05, 3.63) is 18.1 Å². The molecule has 4 heteroatoms. The Kier molecular flexibility index (Phi) is 5.04. The minimum absolute atomic E-state index is 0.0519. The van der Waals surface area contributed by atoms with Crippen LogP contribution in [0.2, 0.25) is 0 Å². The Morgan fingerprint density at radius 1 is 1.33 bits per heavy atom. The molecule has 0 bridgehead atoms. The molecule has 0 aliphatic heterocycles. The Labute approximate surface area is 91.0 Å². The number of unbranched alkanes of at least 4 members (excludes halogenated alkanes) is 2. The van der Waals surface area contributed by atoms with Crippen molar-refractivity contribution in [2.24, 2.45) is 0 Å². The predicted molar refractivity (Wildman–Crippen MR) is 60.7 cm³/mol. The molecule has 0 atom stereocenters. The molecule has 0 amide bonds. The molecule has 1 N–H and O–H groups in total. The van der Waals surface area contributed by atoms with Crippen molar-refractivity contribution in [1.82, 2.24) is 9.97 Å². The fraction of sp³-hybridized carbons (Fsp3) is 0.636. The summed E-state index contributed by atoms with van der Waals surface area (Å²) in [5.41, 5.74) is 0.620. The van der Waals surface area contributed by atoms with Gasteiger partial charge in [-0.15, -0.1) is 0 Å². The second-order valence-corrected chi connectivity index (χ2v) is 3.66. The van der Waals surface area contributed by atoms with Gasteiger partial charge in [-0.05, 0) is 6.42 Å². The third-order valence-corrected chi connectivity index (χ3v) is 2.32. The van der Waals surface area contributed by atoms with Crippen molar-refractivity contribution in [1.29, 1.82) is 0 Å². The Hall–Kier alpha value is -1.16. The third-order valence-electron chi connectivity index (χ3n) is 2.32. The highest BCUT2D eigenvalue weighted by Gasteiger charge is 2.03. The highest BCUT2D eigenvalue weighted by Crippen LogP contribution is 2.09. The topological polar surface area (TPSA) is 49.2 Å². The summed E-state index contributed by atoms with van der Waals surface area (Å²) in [4.78, 5) is 10.4. The standard InChI is InChI=1S/C11H19N3O/c1-3-4-5-6-14(2)11-8-12-7-10(9-15)13-11/h7-8,15H,3-6,9H2,1-2H3. The first kappa shape index (κ1) is 11.9. The summed E-state index contributed by atoms with van der Waals surface area (Å²) in [6.07, 6.45) is 6.93. The maximum atomic E-state index is 8.94. The zero-order valence-electron chi connectivity index (χ0n) is 9.48. The Morgan fingerprint density at radius 3 is 2.80 bits per heavy atom. The van der Waals surface area contributed by atoms with Crippen LogP contribution in [-0.2, 0) is 6.61 Å². The summed E-state index contributed by atoms with van der Waals surface area (Å²) in [6.45, 7) is 3.12. The van der Waals surface area contributed by atoms with Crippen LogP contribution in [0.15, 0.2) is 12.4 Å². The van der Waals surface area contributed by atoms with E-state index in [1.54, 1.807) is 12.4 Å². The lowest BCUT2D eigenvalue weighted by Crippen LogP contribution is -2.20. The highest BCUT2D eigenvalue weighted by molar-refractivity contribution is 5.34. The number of aliphatic hydroxyl groups excluding tert-OH is 1. The monoisotopic (exact) mass is 209 g/mol. The maximum absolute atomic E-state index is 8.94. The molecule has 0 saturated carbocycles. The molecule has 1 rings (SSSR count). The molecule has 0 aromatic carbocycles. The molecule has 84 valence electrons. The summed E-state index contributed by atoms with van der Waals surface area (Å²) in [5.74, 6) is 0.831. The molecule has 1 heterocycles. The van der Waals surface area contributed by atoms with E-state index in [9.17, 15) is 0 Å². The van der Waals surface area contributed by atoms with Crippen LogP contribution in [0.5, 0.6) is 0 Å². The molecule has 0 spiro atoms. The van der Waals surface area contributed by atoms with E-state index >= 15 is 0 Å². The van der Waals surface area contributed by atoms with Crippen molar-refractivity contribution in [2.75, 3.05) is 18.5 Å². The van der Waals surface area contributed by atoms with Gasteiger partial charge in [0.25, 0.3) is 0 Å². The summed E-state index contributed by atoms with van der Waals surface area (Å²) in [6, 6.07) is 0. The molecule has 0 saturated heterocycles. The molecule has 15 heavy (non-hydrogen) atoms. The SMILES string of the molecule is CCCCCN(C)c1cncc(CO)n1. The average molecular weight is 209 g/mol. The van der Waals surface area contributed by atoms with Crippen molar-refractivity contribution in [3.63, 3.8) is 0 Å². The van der Waals surface area contributed by atoms with Gasteiger partial charge in [0.2, 0.25) is 0 Å². The van der Waals surface area contributed by atoms with Crippen LogP contribution in [0.25, 0.3) is 0 Å². The van der Waals surface area contributed by atoms with Gasteiger partial charge in [-0.1, -0.05) is 19.8 Å². The fourth-order valence-electron chi connectivity index (χ4n) is 1.37. The van der Waals surface area contributed by atoms with E-state index < -0.39 is 0 Å². The van der Waals surface area contributed by atoms with Crippen LogP contribution in [-0.4, -0.2) is 28.7 Å². The molecular formula is C11H19N3O. The van der Waals surface area contributed by atoms with Crippen LogP contribution in [0.4, 0.5) is 5.82 Å². The highest BCUT2D eigenvalue weighted by atomic mass is 16.3. The molecule has 0 radical (unpaired) electrons. The number of anilines is 1. The molecule has 1 aromatic heterocycles. The van der Waals surface area contributed by atoms with E-state index in [0.717, 1.165) is 18.8 Å². The first-order valence-electron chi connectivity index (χ1n) is 5.40. The van der Waals surface area contributed by atoms with Crippen LogP contribution < -0.4 is 4.90 Å². The normalized spacial score (nSPS) is 10.3. The molecule has 0 aliphatic carbocycles. The van der Waals surface area contributed by atoms with Gasteiger partial charge >= 0.3 is 0 Å². The van der Waals surface area contributed by atoms with Gasteiger partial charge < -0.3 is 10.0 Å². The average Bonchev–Trinajstić information content (AvgIpc) is 2.29. The van der Waals surface area contributed by atoms with Crippen molar-refractivity contribution < 1.29 is 5.11 Å². The number of rotatable bonds is 6. The van der Waals surface area contributed by atoms with Gasteiger partial charge in [0, 0.05) is 13.6 Å². The van der Waals surface area contributed by atoms with Crippen LogP contribution in [0.3, 0.4) is 0 Å². The predicted octanol–water partition coefficient (Wildman–Crippen LogP) is 1.60. The summed E-state index contributed by atoms with van der Waals surface area (Å²) in [7, 11) is 2.00. The lowest BCUT2D eigenvalue weighted by atomic mass is 10.2. The van der Waals surface area contributed by atoms with Gasteiger partial charge in [-0.25, -0.2) is 4.98 Å². The van der Waals surface area contributed by atoms with E-state index in [2.05, 4.69) is 21.8 Å². The number of aromatic nitrogens is 2. The zero-order chi connectivity index (χ0) is 11.1. The summed E-state index contributed by atoms with van der Waals surface area (Å²) < 4.78 is 0. The van der Waals surface area contributed by atoms with Crippen molar-refractivity contribution >= 4 is 5.82 Å². The molecule has 4 nitrogen and oxygen atoms in total. The fourth-order valence-corrected chi connectivity index (χ4v) is 1.37.